The van der Waals surface area contributed by atoms with Gasteiger partial charge in [-0.15, -0.1) is 0 Å². The summed E-state index contributed by atoms with van der Waals surface area (Å²) in [6, 6.07) is 13.3. The van der Waals surface area contributed by atoms with Crippen LogP contribution in [0, 0.1) is 6.92 Å². The van der Waals surface area contributed by atoms with Gasteiger partial charge >= 0.3 is 0 Å². The maximum atomic E-state index is 11.8. The van der Waals surface area contributed by atoms with Crippen molar-refractivity contribution in [2.45, 2.75) is 6.92 Å². The Bertz CT molecular complexity index is 719. The molecule has 1 amide bonds. The maximum Gasteiger partial charge on any atom is 0.296 e. The zero-order valence-corrected chi connectivity index (χ0v) is 12.6. The van der Waals surface area contributed by atoms with Crippen molar-refractivity contribution in [3.63, 3.8) is 0 Å². The number of amides is 1. The normalized spacial score (nSPS) is 11.1. The Kier molecular flexibility index (Phi) is 4.96. The van der Waals surface area contributed by atoms with Gasteiger partial charge in [0.25, 0.3) is 5.91 Å². The van der Waals surface area contributed by atoms with E-state index in [1.54, 1.807) is 36.4 Å². The topological polar surface area (TPSA) is 66.4 Å². The quantitative estimate of drug-likeness (QED) is 0.513. The molecule has 0 saturated carbocycles. The summed E-state index contributed by atoms with van der Waals surface area (Å²) < 4.78 is 0. The van der Waals surface area contributed by atoms with Crippen LogP contribution < -0.4 is 5.32 Å². The highest BCUT2D eigenvalue weighted by Crippen LogP contribution is 2.15. The highest BCUT2D eigenvalue weighted by molar-refractivity contribution is 6.45. The molecule has 4 nitrogen and oxygen atoms in total. The van der Waals surface area contributed by atoms with Gasteiger partial charge in [-0.2, -0.15) is 0 Å². The second kappa shape index (κ2) is 6.91. The average molecular weight is 316 g/mol. The van der Waals surface area contributed by atoms with Crippen LogP contribution >= 0.6 is 11.6 Å². The van der Waals surface area contributed by atoms with E-state index in [2.05, 4.69) is 5.32 Å². The van der Waals surface area contributed by atoms with Crippen molar-refractivity contribution < 1.29 is 14.7 Å². The zero-order chi connectivity index (χ0) is 16.1. The Labute approximate surface area is 133 Å². The first-order valence-electron chi connectivity index (χ1n) is 6.54. The number of anilines is 1. The van der Waals surface area contributed by atoms with Gasteiger partial charge in [0.2, 0.25) is 5.78 Å². The van der Waals surface area contributed by atoms with E-state index in [-0.39, 0.29) is 5.76 Å². The van der Waals surface area contributed by atoms with Gasteiger partial charge in [-0.25, -0.2) is 0 Å². The second-order valence-electron chi connectivity index (χ2n) is 4.72. The summed E-state index contributed by atoms with van der Waals surface area (Å²) in [7, 11) is 0. The summed E-state index contributed by atoms with van der Waals surface area (Å²) in [5.74, 6) is -1.95. The van der Waals surface area contributed by atoms with Crippen LogP contribution in [0.25, 0.3) is 5.76 Å². The van der Waals surface area contributed by atoms with Crippen LogP contribution in [0.5, 0.6) is 0 Å². The Hall–Kier alpha value is -2.59. The van der Waals surface area contributed by atoms with Crippen LogP contribution in [0.15, 0.2) is 54.6 Å². The molecule has 0 aliphatic rings. The molecule has 0 fully saturated rings. The van der Waals surface area contributed by atoms with Gasteiger partial charge in [0.15, 0.2) is 0 Å². The Morgan fingerprint density at radius 1 is 1.05 bits per heavy atom. The lowest BCUT2D eigenvalue weighted by molar-refractivity contribution is -0.131. The molecule has 2 aromatic rings. The van der Waals surface area contributed by atoms with Gasteiger partial charge in [-0.05, 0) is 43.3 Å². The van der Waals surface area contributed by atoms with Crippen molar-refractivity contribution in [2.24, 2.45) is 0 Å². The van der Waals surface area contributed by atoms with Gasteiger partial charge in [0, 0.05) is 22.3 Å². The molecule has 22 heavy (non-hydrogen) atoms. The van der Waals surface area contributed by atoms with E-state index in [1.165, 1.54) is 0 Å². The van der Waals surface area contributed by atoms with Crippen LogP contribution in [0.4, 0.5) is 5.69 Å². The molecule has 2 rings (SSSR count). The molecule has 0 aromatic heterocycles. The highest BCUT2D eigenvalue weighted by Gasteiger charge is 2.13. The summed E-state index contributed by atoms with van der Waals surface area (Å²) in [5.41, 5.74) is 1.97. The van der Waals surface area contributed by atoms with Crippen LogP contribution in [0.3, 0.4) is 0 Å². The molecular formula is C17H14ClNO3. The van der Waals surface area contributed by atoms with Gasteiger partial charge in [-0.3, -0.25) is 9.59 Å². The second-order valence-corrected chi connectivity index (χ2v) is 5.16. The molecule has 0 unspecified atom stereocenters. The fourth-order valence-electron chi connectivity index (χ4n) is 1.72. The number of aliphatic hydroxyl groups excluding tert-OH is 1. The summed E-state index contributed by atoms with van der Waals surface area (Å²) in [5, 5.41) is 12.8. The molecule has 0 radical (unpaired) electrons. The molecule has 2 aromatic carbocycles. The number of carbonyl (C=O) groups excluding carboxylic acids is 2. The van der Waals surface area contributed by atoms with E-state index in [0.717, 1.165) is 11.6 Å². The van der Waals surface area contributed by atoms with Gasteiger partial charge in [0.05, 0.1) is 0 Å². The molecular weight excluding hydrogens is 302 g/mol. The molecule has 0 saturated heterocycles. The highest BCUT2D eigenvalue weighted by atomic mass is 35.5. The van der Waals surface area contributed by atoms with Gasteiger partial charge in [-0.1, -0.05) is 29.3 Å². The van der Waals surface area contributed by atoms with Gasteiger partial charge in [0.1, 0.15) is 5.76 Å². The van der Waals surface area contributed by atoms with Crippen molar-refractivity contribution in [3.8, 4) is 0 Å². The van der Waals surface area contributed by atoms with E-state index < -0.39 is 11.7 Å². The number of carbonyl (C=O) groups is 2. The van der Waals surface area contributed by atoms with Crippen LogP contribution in [-0.2, 0) is 9.59 Å². The Morgan fingerprint density at radius 3 is 2.23 bits per heavy atom. The minimum absolute atomic E-state index is 0.291. The van der Waals surface area contributed by atoms with Crippen molar-refractivity contribution in [3.05, 3.63) is 70.8 Å². The van der Waals surface area contributed by atoms with Crippen LogP contribution in [0.2, 0.25) is 5.02 Å². The summed E-state index contributed by atoms with van der Waals surface area (Å²) in [6.07, 6.45) is 0.882. The van der Waals surface area contributed by atoms with Crippen molar-refractivity contribution in [1.29, 1.82) is 0 Å². The van der Waals surface area contributed by atoms with Crippen molar-refractivity contribution in [2.75, 3.05) is 5.32 Å². The number of nitrogens with one attached hydrogen (secondary N) is 1. The molecule has 0 spiro atoms. The molecule has 0 heterocycles. The first-order valence-corrected chi connectivity index (χ1v) is 6.92. The molecule has 0 atom stereocenters. The minimum atomic E-state index is -0.840. The average Bonchev–Trinajstić information content (AvgIpc) is 2.50. The van der Waals surface area contributed by atoms with Crippen molar-refractivity contribution in [1.82, 2.24) is 0 Å². The molecule has 5 heteroatoms. The number of halogens is 1. The van der Waals surface area contributed by atoms with Crippen LogP contribution in [0.1, 0.15) is 11.1 Å². The summed E-state index contributed by atoms with van der Waals surface area (Å²) in [4.78, 5) is 23.6. The first-order chi connectivity index (χ1) is 10.5. The minimum Gasteiger partial charge on any atom is -0.507 e. The van der Waals surface area contributed by atoms with Crippen molar-refractivity contribution >= 4 is 34.7 Å². The van der Waals surface area contributed by atoms with E-state index in [1.807, 2.05) is 19.1 Å². The number of hydrogen-bond donors (Lipinski definition) is 2. The fourth-order valence-corrected chi connectivity index (χ4v) is 1.85. The van der Waals surface area contributed by atoms with E-state index in [0.29, 0.717) is 16.3 Å². The molecule has 112 valence electrons. The zero-order valence-electron chi connectivity index (χ0n) is 11.8. The molecule has 2 N–H and O–H groups in total. The third-order valence-corrected chi connectivity index (χ3v) is 3.19. The van der Waals surface area contributed by atoms with E-state index in [9.17, 15) is 14.7 Å². The number of hydrogen-bond acceptors (Lipinski definition) is 3. The third-order valence-electron chi connectivity index (χ3n) is 2.94. The molecule has 0 aliphatic heterocycles. The molecule has 0 aliphatic carbocycles. The predicted molar refractivity (Wildman–Crippen MR) is 86.9 cm³/mol. The standard InChI is InChI=1S/C17H14ClNO3/c1-11-2-8-14(9-3-11)19-17(22)16(21)10-15(20)12-4-6-13(18)7-5-12/h2-10,20H,1H3,(H,19,22)/b15-10-. The Balaban J connectivity index is 2.07. The fraction of sp³-hybridized carbons (Fsp3) is 0.0588. The monoisotopic (exact) mass is 315 g/mol. The number of rotatable bonds is 4. The maximum absolute atomic E-state index is 11.8. The molecule has 0 bridgehead atoms. The lowest BCUT2D eigenvalue weighted by Crippen LogP contribution is -2.21. The lowest BCUT2D eigenvalue weighted by Gasteiger charge is -2.04. The van der Waals surface area contributed by atoms with Gasteiger partial charge < -0.3 is 10.4 Å². The number of ketones is 1. The SMILES string of the molecule is Cc1ccc(NC(=O)C(=O)/C=C(\O)c2ccc(Cl)cc2)cc1. The number of aryl methyl sites for hydroxylation is 1. The predicted octanol–water partition coefficient (Wildman–Crippen LogP) is 3.76. The smallest absolute Gasteiger partial charge is 0.296 e. The van der Waals surface area contributed by atoms with E-state index >= 15 is 0 Å². The third kappa shape index (κ3) is 4.20. The number of benzene rings is 2. The Morgan fingerprint density at radius 2 is 1.64 bits per heavy atom. The summed E-state index contributed by atoms with van der Waals surface area (Å²) in [6.45, 7) is 1.92. The van der Waals surface area contributed by atoms with E-state index in [4.69, 9.17) is 11.6 Å². The summed E-state index contributed by atoms with van der Waals surface area (Å²) >= 11 is 5.74. The lowest BCUT2D eigenvalue weighted by atomic mass is 10.1. The largest absolute Gasteiger partial charge is 0.507 e. The van der Waals surface area contributed by atoms with Crippen LogP contribution in [-0.4, -0.2) is 16.8 Å². The number of aliphatic hydroxyl groups is 1. The first kappa shape index (κ1) is 15.8.